The van der Waals surface area contributed by atoms with Crippen LogP contribution in [-0.4, -0.2) is 22.7 Å². The van der Waals surface area contributed by atoms with E-state index in [1.807, 2.05) is 0 Å². The van der Waals surface area contributed by atoms with Crippen molar-refractivity contribution < 1.29 is 13.2 Å². The normalized spacial score (nSPS) is 11.8. The van der Waals surface area contributed by atoms with Crippen LogP contribution in [0, 0.1) is 0 Å². The van der Waals surface area contributed by atoms with Crippen molar-refractivity contribution in [1.82, 2.24) is 9.97 Å². The first-order chi connectivity index (χ1) is 7.99. The number of hydrazine groups is 1. The van der Waals surface area contributed by atoms with E-state index in [1.54, 1.807) is 11.4 Å². The molecule has 9 heteroatoms. The Morgan fingerprint density at radius 2 is 2.12 bits per heavy atom. The van der Waals surface area contributed by atoms with Gasteiger partial charge in [-0.3, -0.25) is 5.43 Å². The molecule has 2 heterocycles. The van der Waals surface area contributed by atoms with Crippen molar-refractivity contribution in [1.29, 1.82) is 0 Å². The Balaban J connectivity index is 2.34. The molecule has 0 aliphatic carbocycles. The summed E-state index contributed by atoms with van der Waals surface area (Å²) in [6.45, 7) is -1.15. The van der Waals surface area contributed by atoms with E-state index in [4.69, 9.17) is 5.84 Å². The summed E-state index contributed by atoms with van der Waals surface area (Å²) >= 11 is 1.30. The largest absolute Gasteiger partial charge is 0.405 e. The highest BCUT2D eigenvalue weighted by Gasteiger charge is 2.27. The van der Waals surface area contributed by atoms with Gasteiger partial charge in [0.05, 0.1) is 5.39 Å². The van der Waals surface area contributed by atoms with Crippen LogP contribution in [-0.2, 0) is 0 Å². The number of hydrogen-bond donors (Lipinski definition) is 3. The van der Waals surface area contributed by atoms with Crippen molar-refractivity contribution >= 4 is 33.3 Å². The summed E-state index contributed by atoms with van der Waals surface area (Å²) < 4.78 is 36.3. The molecule has 0 aliphatic heterocycles. The summed E-state index contributed by atoms with van der Waals surface area (Å²) in [5.41, 5.74) is 2.21. The van der Waals surface area contributed by atoms with Gasteiger partial charge >= 0.3 is 6.18 Å². The number of halogens is 3. The third kappa shape index (κ3) is 2.74. The summed E-state index contributed by atoms with van der Waals surface area (Å²) in [5, 5.41) is 4.48. The molecular formula is C8H8F3N5S. The van der Waals surface area contributed by atoms with Gasteiger partial charge in [-0.25, -0.2) is 10.8 Å². The summed E-state index contributed by atoms with van der Waals surface area (Å²) in [7, 11) is 0. The Hall–Kier alpha value is -1.61. The monoisotopic (exact) mass is 263 g/mol. The number of nitrogens with two attached hydrogens (primary N) is 1. The predicted molar refractivity (Wildman–Crippen MR) is 59.8 cm³/mol. The fourth-order valence-corrected chi connectivity index (χ4v) is 2.00. The van der Waals surface area contributed by atoms with Crippen LogP contribution >= 0.6 is 11.3 Å². The van der Waals surface area contributed by atoms with Crippen molar-refractivity contribution in [3.63, 3.8) is 0 Å². The molecule has 2 aromatic heterocycles. The second-order valence-electron chi connectivity index (χ2n) is 3.15. The van der Waals surface area contributed by atoms with Crippen LogP contribution in [0.3, 0.4) is 0 Å². The molecule has 17 heavy (non-hydrogen) atoms. The topological polar surface area (TPSA) is 75.9 Å². The highest BCUT2D eigenvalue weighted by molar-refractivity contribution is 7.16. The van der Waals surface area contributed by atoms with Crippen LogP contribution in [0.4, 0.5) is 24.9 Å². The minimum atomic E-state index is -4.30. The molecule has 0 spiro atoms. The molecule has 92 valence electrons. The first kappa shape index (κ1) is 11.9. The summed E-state index contributed by atoms with van der Waals surface area (Å²) in [6, 6.07) is 1.65. The van der Waals surface area contributed by atoms with Crippen molar-refractivity contribution in [3.8, 4) is 0 Å². The number of rotatable bonds is 3. The Morgan fingerprint density at radius 3 is 2.76 bits per heavy atom. The van der Waals surface area contributed by atoms with E-state index in [0.29, 0.717) is 10.2 Å². The van der Waals surface area contributed by atoms with Gasteiger partial charge in [0.25, 0.3) is 0 Å². The van der Waals surface area contributed by atoms with Crippen LogP contribution in [0.1, 0.15) is 0 Å². The molecule has 0 fully saturated rings. The molecule has 2 aromatic rings. The van der Waals surface area contributed by atoms with Gasteiger partial charge in [0.15, 0.2) is 0 Å². The van der Waals surface area contributed by atoms with Crippen LogP contribution in [0.5, 0.6) is 0 Å². The van der Waals surface area contributed by atoms with E-state index < -0.39 is 12.7 Å². The molecule has 0 bridgehead atoms. The fraction of sp³-hybridized carbons (Fsp3) is 0.250. The van der Waals surface area contributed by atoms with Gasteiger partial charge in [-0.15, -0.1) is 11.3 Å². The van der Waals surface area contributed by atoms with Gasteiger partial charge in [-0.1, -0.05) is 0 Å². The number of nitrogens with one attached hydrogen (secondary N) is 2. The standard InChI is InChI=1S/C8H8F3N5S/c9-8(10,11)3-13-5-4-1-2-17-6(4)15-7(14-5)16-12/h1-2H,3,12H2,(H2,13,14,15,16). The highest BCUT2D eigenvalue weighted by Crippen LogP contribution is 2.27. The van der Waals surface area contributed by atoms with Gasteiger partial charge in [0, 0.05) is 0 Å². The molecule has 4 N–H and O–H groups in total. The molecular weight excluding hydrogens is 255 g/mol. The molecule has 0 radical (unpaired) electrons. The lowest BCUT2D eigenvalue weighted by atomic mass is 10.4. The molecule has 0 saturated heterocycles. The molecule has 0 saturated carbocycles. The van der Waals surface area contributed by atoms with Crippen LogP contribution < -0.4 is 16.6 Å². The second-order valence-corrected chi connectivity index (χ2v) is 4.04. The molecule has 0 aliphatic rings. The number of alkyl halides is 3. The Bertz CT molecular complexity index is 523. The maximum atomic E-state index is 12.1. The first-order valence-electron chi connectivity index (χ1n) is 4.52. The number of thiophene rings is 1. The van der Waals surface area contributed by atoms with Crippen molar-refractivity contribution in [3.05, 3.63) is 11.4 Å². The first-order valence-corrected chi connectivity index (χ1v) is 5.40. The third-order valence-electron chi connectivity index (χ3n) is 1.91. The smallest absolute Gasteiger partial charge is 0.360 e. The predicted octanol–water partition coefficient (Wildman–Crippen LogP) is 1.95. The Morgan fingerprint density at radius 1 is 1.35 bits per heavy atom. The van der Waals surface area contributed by atoms with Gasteiger partial charge in [0.1, 0.15) is 17.2 Å². The average Bonchev–Trinajstić information content (AvgIpc) is 2.72. The number of nitrogen functional groups attached to an aromatic ring is 1. The van der Waals surface area contributed by atoms with Crippen molar-refractivity contribution in [2.75, 3.05) is 17.3 Å². The number of hydrogen-bond acceptors (Lipinski definition) is 6. The minimum absolute atomic E-state index is 0.0737. The molecule has 0 aromatic carbocycles. The van der Waals surface area contributed by atoms with E-state index in [9.17, 15) is 13.2 Å². The second kappa shape index (κ2) is 4.34. The SMILES string of the molecule is NNc1nc(NCC(F)(F)F)c2ccsc2n1. The summed E-state index contributed by atoms with van der Waals surface area (Å²) in [4.78, 5) is 8.42. The van der Waals surface area contributed by atoms with Gasteiger partial charge in [-0.05, 0) is 11.4 Å². The van der Waals surface area contributed by atoms with E-state index in [-0.39, 0.29) is 11.8 Å². The van der Waals surface area contributed by atoms with Crippen LogP contribution in [0.25, 0.3) is 10.2 Å². The molecule has 0 unspecified atom stereocenters. The Kier molecular flexibility index (Phi) is 3.03. The van der Waals surface area contributed by atoms with E-state index in [1.165, 1.54) is 11.3 Å². The zero-order valence-corrected chi connectivity index (χ0v) is 9.19. The Labute approximate surface area is 97.8 Å². The molecule has 0 atom stereocenters. The number of aromatic nitrogens is 2. The van der Waals surface area contributed by atoms with Crippen molar-refractivity contribution in [2.45, 2.75) is 6.18 Å². The van der Waals surface area contributed by atoms with Crippen LogP contribution in [0.15, 0.2) is 11.4 Å². The summed E-state index contributed by atoms with van der Waals surface area (Å²) in [6.07, 6.45) is -4.30. The maximum absolute atomic E-state index is 12.1. The van der Waals surface area contributed by atoms with E-state index >= 15 is 0 Å². The maximum Gasteiger partial charge on any atom is 0.405 e. The third-order valence-corrected chi connectivity index (χ3v) is 2.72. The van der Waals surface area contributed by atoms with Gasteiger partial charge < -0.3 is 5.32 Å². The molecule has 2 rings (SSSR count). The van der Waals surface area contributed by atoms with Crippen molar-refractivity contribution in [2.24, 2.45) is 5.84 Å². The van der Waals surface area contributed by atoms with E-state index in [0.717, 1.165) is 0 Å². The molecule has 0 amide bonds. The highest BCUT2D eigenvalue weighted by atomic mass is 32.1. The quantitative estimate of drug-likeness (QED) is 0.583. The zero-order valence-electron chi connectivity index (χ0n) is 8.38. The lowest BCUT2D eigenvalue weighted by Gasteiger charge is -2.10. The lowest BCUT2D eigenvalue weighted by molar-refractivity contribution is -0.115. The zero-order chi connectivity index (χ0) is 12.5. The molecule has 5 nitrogen and oxygen atoms in total. The number of nitrogens with zero attached hydrogens (tertiary/aromatic N) is 2. The number of anilines is 2. The van der Waals surface area contributed by atoms with Gasteiger partial charge in [-0.2, -0.15) is 18.2 Å². The summed E-state index contributed by atoms with van der Waals surface area (Å²) in [5.74, 6) is 5.33. The number of fused-ring (bicyclic) bond motifs is 1. The fourth-order valence-electron chi connectivity index (χ4n) is 1.24. The van der Waals surface area contributed by atoms with Crippen LogP contribution in [0.2, 0.25) is 0 Å². The average molecular weight is 263 g/mol. The van der Waals surface area contributed by atoms with Gasteiger partial charge in [0.2, 0.25) is 5.95 Å². The lowest BCUT2D eigenvalue weighted by Crippen LogP contribution is -2.22. The van der Waals surface area contributed by atoms with E-state index in [2.05, 4.69) is 20.7 Å². The minimum Gasteiger partial charge on any atom is -0.360 e.